The van der Waals surface area contributed by atoms with Gasteiger partial charge >= 0.3 is 0 Å². The number of rotatable bonds is 2. The highest BCUT2D eigenvalue weighted by atomic mass is 32.2. The zero-order chi connectivity index (χ0) is 13.3. The Morgan fingerprint density at radius 2 is 1.94 bits per heavy atom. The van der Waals surface area contributed by atoms with Gasteiger partial charge in [-0.25, -0.2) is 4.39 Å². The van der Waals surface area contributed by atoms with E-state index in [1.807, 2.05) is 11.8 Å². The Hall–Kier alpha value is -0.740. The van der Waals surface area contributed by atoms with Crippen molar-refractivity contribution in [2.45, 2.75) is 37.4 Å². The second-order valence-corrected chi connectivity index (χ2v) is 6.92. The van der Waals surface area contributed by atoms with Crippen LogP contribution < -0.4 is 4.90 Å². The lowest BCUT2D eigenvalue weighted by Crippen LogP contribution is -2.41. The molecule has 0 amide bonds. The molecule has 0 radical (unpaired) electrons. The molecule has 0 aromatic heterocycles. The fourth-order valence-corrected chi connectivity index (χ4v) is 3.85. The number of aliphatic hydroxyl groups excluding tert-OH is 1. The molecule has 0 spiro atoms. The summed E-state index contributed by atoms with van der Waals surface area (Å²) >= 11 is 1.98. The molecule has 2 rings (SSSR count). The van der Waals surface area contributed by atoms with Gasteiger partial charge in [0.2, 0.25) is 0 Å². The fourth-order valence-electron chi connectivity index (χ4n) is 2.52. The van der Waals surface area contributed by atoms with Gasteiger partial charge in [-0.15, -0.1) is 0 Å². The Bertz CT molecular complexity index is 414. The summed E-state index contributed by atoms with van der Waals surface area (Å²) in [6.07, 6.45) is -0.643. The maximum atomic E-state index is 13.3. The topological polar surface area (TPSA) is 23.5 Å². The van der Waals surface area contributed by atoms with E-state index < -0.39 is 6.10 Å². The molecular formula is C14H20FNOS. The van der Waals surface area contributed by atoms with E-state index in [1.165, 1.54) is 12.1 Å². The highest BCUT2D eigenvalue weighted by molar-refractivity contribution is 8.00. The lowest BCUT2D eigenvalue weighted by molar-refractivity contribution is 0.199. The molecule has 1 heterocycles. The minimum absolute atomic E-state index is 0.290. The normalized spacial score (nSPS) is 26.2. The zero-order valence-electron chi connectivity index (χ0n) is 11.1. The molecule has 3 atom stereocenters. The van der Waals surface area contributed by atoms with E-state index in [1.54, 1.807) is 13.0 Å². The summed E-state index contributed by atoms with van der Waals surface area (Å²) in [5.41, 5.74) is 1.65. The average molecular weight is 269 g/mol. The molecule has 0 bridgehead atoms. The quantitative estimate of drug-likeness (QED) is 0.892. The van der Waals surface area contributed by atoms with Crippen LogP contribution in [0.5, 0.6) is 0 Å². The monoisotopic (exact) mass is 269 g/mol. The van der Waals surface area contributed by atoms with Gasteiger partial charge in [0, 0.05) is 34.8 Å². The first-order valence-electron chi connectivity index (χ1n) is 6.35. The van der Waals surface area contributed by atoms with Crippen LogP contribution in [0, 0.1) is 5.82 Å². The Morgan fingerprint density at radius 3 is 2.50 bits per heavy atom. The van der Waals surface area contributed by atoms with Crippen LogP contribution >= 0.6 is 11.8 Å². The third-order valence-electron chi connectivity index (χ3n) is 3.20. The van der Waals surface area contributed by atoms with Crippen LogP contribution in [0.15, 0.2) is 18.2 Å². The predicted molar refractivity (Wildman–Crippen MR) is 75.8 cm³/mol. The van der Waals surface area contributed by atoms with E-state index in [9.17, 15) is 9.50 Å². The van der Waals surface area contributed by atoms with E-state index in [4.69, 9.17) is 0 Å². The summed E-state index contributed by atoms with van der Waals surface area (Å²) in [6, 6.07) is 4.70. The smallest absolute Gasteiger partial charge is 0.123 e. The summed E-state index contributed by atoms with van der Waals surface area (Å²) in [5, 5.41) is 10.9. The lowest BCUT2D eigenvalue weighted by Gasteiger charge is -2.37. The summed E-state index contributed by atoms with van der Waals surface area (Å²) in [4.78, 5) is 2.26. The molecule has 1 aromatic carbocycles. The van der Waals surface area contributed by atoms with Crippen molar-refractivity contribution in [3.63, 3.8) is 0 Å². The number of hydrogen-bond acceptors (Lipinski definition) is 3. The van der Waals surface area contributed by atoms with Gasteiger partial charge in [0.1, 0.15) is 5.82 Å². The molecule has 2 nitrogen and oxygen atoms in total. The first-order chi connectivity index (χ1) is 8.47. The van der Waals surface area contributed by atoms with Gasteiger partial charge in [-0.3, -0.25) is 0 Å². The van der Waals surface area contributed by atoms with Crippen LogP contribution in [0.2, 0.25) is 0 Å². The first kappa shape index (κ1) is 13.7. The van der Waals surface area contributed by atoms with Gasteiger partial charge in [0.25, 0.3) is 0 Å². The van der Waals surface area contributed by atoms with Crippen molar-refractivity contribution in [1.82, 2.24) is 0 Å². The number of anilines is 1. The molecule has 4 heteroatoms. The summed E-state index contributed by atoms with van der Waals surface area (Å²) in [5.74, 6) is -0.290. The molecule has 1 fully saturated rings. The minimum Gasteiger partial charge on any atom is -0.389 e. The summed E-state index contributed by atoms with van der Waals surface area (Å²) < 4.78 is 13.3. The Labute approximate surface area is 112 Å². The average Bonchev–Trinajstić information content (AvgIpc) is 2.27. The number of nitrogens with zero attached hydrogens (tertiary/aromatic N) is 1. The van der Waals surface area contributed by atoms with Crippen LogP contribution in [0.25, 0.3) is 0 Å². The molecule has 1 saturated heterocycles. The second-order valence-electron chi connectivity index (χ2n) is 5.04. The van der Waals surface area contributed by atoms with Crippen molar-refractivity contribution >= 4 is 17.4 Å². The number of hydrogen-bond donors (Lipinski definition) is 1. The standard InChI is InChI=1S/C14H20FNOS/c1-9-7-16(8-10(2)18-9)14-5-4-12(15)6-13(14)11(3)17/h4-6,9-11,17H,7-8H2,1-3H3. The Morgan fingerprint density at radius 1 is 1.33 bits per heavy atom. The van der Waals surface area contributed by atoms with Crippen molar-refractivity contribution in [1.29, 1.82) is 0 Å². The largest absolute Gasteiger partial charge is 0.389 e. The summed E-state index contributed by atoms with van der Waals surface area (Å²) in [7, 11) is 0. The van der Waals surface area contributed by atoms with Crippen LogP contribution in [-0.4, -0.2) is 28.7 Å². The third kappa shape index (κ3) is 2.98. The molecule has 18 heavy (non-hydrogen) atoms. The molecule has 100 valence electrons. The van der Waals surface area contributed by atoms with E-state index in [0.29, 0.717) is 16.1 Å². The van der Waals surface area contributed by atoms with Crippen LogP contribution in [0.1, 0.15) is 32.4 Å². The van der Waals surface area contributed by atoms with Gasteiger partial charge < -0.3 is 10.0 Å². The highest BCUT2D eigenvalue weighted by Crippen LogP contribution is 2.33. The summed E-state index contributed by atoms with van der Waals surface area (Å²) in [6.45, 7) is 7.99. The van der Waals surface area contributed by atoms with Crippen molar-refractivity contribution in [2.24, 2.45) is 0 Å². The van der Waals surface area contributed by atoms with E-state index in [2.05, 4.69) is 18.7 Å². The number of aliphatic hydroxyl groups is 1. The lowest BCUT2D eigenvalue weighted by atomic mass is 10.1. The van der Waals surface area contributed by atoms with Crippen molar-refractivity contribution in [2.75, 3.05) is 18.0 Å². The van der Waals surface area contributed by atoms with Gasteiger partial charge in [-0.05, 0) is 25.1 Å². The fraction of sp³-hybridized carbons (Fsp3) is 0.571. The van der Waals surface area contributed by atoms with Crippen molar-refractivity contribution in [3.05, 3.63) is 29.6 Å². The number of thioether (sulfide) groups is 1. The van der Waals surface area contributed by atoms with E-state index >= 15 is 0 Å². The van der Waals surface area contributed by atoms with Gasteiger partial charge in [0.15, 0.2) is 0 Å². The van der Waals surface area contributed by atoms with E-state index in [-0.39, 0.29) is 5.82 Å². The molecular weight excluding hydrogens is 249 g/mol. The number of benzene rings is 1. The third-order valence-corrected chi connectivity index (χ3v) is 4.43. The van der Waals surface area contributed by atoms with Crippen molar-refractivity contribution in [3.8, 4) is 0 Å². The molecule has 0 aliphatic carbocycles. The molecule has 1 aromatic rings. The van der Waals surface area contributed by atoms with Crippen LogP contribution in [0.3, 0.4) is 0 Å². The minimum atomic E-state index is -0.643. The van der Waals surface area contributed by atoms with Gasteiger partial charge in [-0.1, -0.05) is 13.8 Å². The Balaban J connectivity index is 2.32. The maximum absolute atomic E-state index is 13.3. The predicted octanol–water partition coefficient (Wildman–Crippen LogP) is 3.21. The maximum Gasteiger partial charge on any atom is 0.123 e. The number of halogens is 1. The highest BCUT2D eigenvalue weighted by Gasteiger charge is 2.24. The Kier molecular flexibility index (Phi) is 4.17. The van der Waals surface area contributed by atoms with E-state index in [0.717, 1.165) is 18.8 Å². The van der Waals surface area contributed by atoms with Gasteiger partial charge in [0.05, 0.1) is 6.10 Å². The van der Waals surface area contributed by atoms with Crippen molar-refractivity contribution < 1.29 is 9.50 Å². The molecule has 0 saturated carbocycles. The first-order valence-corrected chi connectivity index (χ1v) is 7.29. The molecule has 3 unspecified atom stereocenters. The van der Waals surface area contributed by atoms with Gasteiger partial charge in [-0.2, -0.15) is 11.8 Å². The molecule has 1 aliphatic heterocycles. The molecule has 1 aliphatic rings. The SMILES string of the molecule is CC1CN(c2ccc(F)cc2C(C)O)CC(C)S1. The van der Waals surface area contributed by atoms with Crippen LogP contribution in [-0.2, 0) is 0 Å². The van der Waals surface area contributed by atoms with Crippen LogP contribution in [0.4, 0.5) is 10.1 Å². The zero-order valence-corrected chi connectivity index (χ0v) is 11.9. The second kappa shape index (κ2) is 5.49. The molecule has 1 N–H and O–H groups in total.